The third-order valence-electron chi connectivity index (χ3n) is 2.64. The summed E-state index contributed by atoms with van der Waals surface area (Å²) < 4.78 is 6.36. The SMILES string of the molecule is CC(C)(C)OC(=O)Nc1ccccc1NCc1cc(Br)cs1. The van der Waals surface area contributed by atoms with Crippen LogP contribution in [0.25, 0.3) is 0 Å². The Morgan fingerprint density at radius 3 is 2.55 bits per heavy atom. The van der Waals surface area contributed by atoms with Gasteiger partial charge in [-0.3, -0.25) is 5.32 Å². The number of carbonyl (C=O) groups excluding carboxylic acids is 1. The first-order valence-electron chi connectivity index (χ1n) is 6.89. The normalized spacial score (nSPS) is 11.1. The molecule has 1 aromatic carbocycles. The molecule has 1 amide bonds. The van der Waals surface area contributed by atoms with Crippen LogP contribution in [0.15, 0.2) is 40.2 Å². The fourth-order valence-electron chi connectivity index (χ4n) is 1.79. The zero-order chi connectivity index (χ0) is 16.2. The van der Waals surface area contributed by atoms with E-state index in [0.717, 1.165) is 10.2 Å². The minimum atomic E-state index is -0.518. The molecule has 0 unspecified atom stereocenters. The fourth-order valence-corrected chi connectivity index (χ4v) is 3.18. The summed E-state index contributed by atoms with van der Waals surface area (Å²) in [4.78, 5) is 13.1. The Morgan fingerprint density at radius 2 is 1.95 bits per heavy atom. The first-order chi connectivity index (χ1) is 10.3. The topological polar surface area (TPSA) is 50.4 Å². The lowest BCUT2D eigenvalue weighted by atomic mass is 10.2. The highest BCUT2D eigenvalue weighted by Crippen LogP contribution is 2.25. The van der Waals surface area contributed by atoms with Gasteiger partial charge in [-0.25, -0.2) is 4.79 Å². The number of hydrogen-bond donors (Lipinski definition) is 2. The van der Waals surface area contributed by atoms with Crippen LogP contribution in [-0.4, -0.2) is 11.7 Å². The molecule has 0 saturated heterocycles. The van der Waals surface area contributed by atoms with Gasteiger partial charge in [-0.1, -0.05) is 12.1 Å². The molecule has 0 aliphatic rings. The minimum absolute atomic E-state index is 0.458. The summed E-state index contributed by atoms with van der Waals surface area (Å²) in [7, 11) is 0. The second-order valence-corrected chi connectivity index (χ2v) is 7.67. The quantitative estimate of drug-likeness (QED) is 0.736. The maximum absolute atomic E-state index is 11.9. The van der Waals surface area contributed by atoms with Crippen LogP contribution >= 0.6 is 27.3 Å². The van der Waals surface area contributed by atoms with Crippen LogP contribution in [0.2, 0.25) is 0 Å². The summed E-state index contributed by atoms with van der Waals surface area (Å²) in [5.41, 5.74) is 1.04. The number of anilines is 2. The summed E-state index contributed by atoms with van der Waals surface area (Å²) in [5.74, 6) is 0. The van der Waals surface area contributed by atoms with Gasteiger partial charge in [0.05, 0.1) is 11.4 Å². The van der Waals surface area contributed by atoms with Crippen LogP contribution in [0.3, 0.4) is 0 Å². The molecule has 0 spiro atoms. The van der Waals surface area contributed by atoms with Crippen molar-refractivity contribution in [1.82, 2.24) is 0 Å². The van der Waals surface area contributed by atoms with E-state index in [1.807, 2.05) is 50.4 Å². The summed E-state index contributed by atoms with van der Waals surface area (Å²) in [6, 6.07) is 9.64. The number of ether oxygens (including phenoxy) is 1. The Labute approximate surface area is 143 Å². The monoisotopic (exact) mass is 382 g/mol. The molecular formula is C16H19BrN2O2S. The summed E-state index contributed by atoms with van der Waals surface area (Å²) in [6.45, 7) is 6.21. The van der Waals surface area contributed by atoms with Crippen molar-refractivity contribution < 1.29 is 9.53 Å². The van der Waals surface area contributed by atoms with Gasteiger partial charge in [0, 0.05) is 21.3 Å². The summed E-state index contributed by atoms with van der Waals surface area (Å²) in [6.07, 6.45) is -0.458. The van der Waals surface area contributed by atoms with Crippen LogP contribution < -0.4 is 10.6 Å². The summed E-state index contributed by atoms with van der Waals surface area (Å²) >= 11 is 5.12. The molecule has 0 fully saturated rings. The Kier molecular flexibility index (Phi) is 5.47. The molecule has 0 radical (unpaired) electrons. The Bertz CT molecular complexity index is 650. The van der Waals surface area contributed by atoms with Crippen molar-refractivity contribution in [2.45, 2.75) is 32.9 Å². The lowest BCUT2D eigenvalue weighted by Gasteiger charge is -2.20. The van der Waals surface area contributed by atoms with Crippen molar-refractivity contribution >= 4 is 44.7 Å². The van der Waals surface area contributed by atoms with Crippen LogP contribution in [0, 0.1) is 0 Å². The third-order valence-corrected chi connectivity index (χ3v) is 4.34. The van der Waals surface area contributed by atoms with Crippen LogP contribution in [0.4, 0.5) is 16.2 Å². The standard InChI is InChI=1S/C16H19BrN2O2S/c1-16(2,3)21-15(20)19-14-7-5-4-6-13(14)18-9-12-8-11(17)10-22-12/h4-8,10,18H,9H2,1-3H3,(H,19,20). The van der Waals surface area contributed by atoms with Gasteiger partial charge in [-0.2, -0.15) is 0 Å². The lowest BCUT2D eigenvalue weighted by Crippen LogP contribution is -2.27. The predicted molar refractivity (Wildman–Crippen MR) is 95.6 cm³/mol. The number of nitrogens with one attached hydrogen (secondary N) is 2. The number of hydrogen-bond acceptors (Lipinski definition) is 4. The maximum atomic E-state index is 11.9. The van der Waals surface area contributed by atoms with Gasteiger partial charge in [0.2, 0.25) is 0 Å². The molecule has 1 heterocycles. The van der Waals surface area contributed by atoms with E-state index in [1.54, 1.807) is 11.3 Å². The van der Waals surface area contributed by atoms with E-state index >= 15 is 0 Å². The highest BCUT2D eigenvalue weighted by Gasteiger charge is 2.17. The van der Waals surface area contributed by atoms with E-state index in [-0.39, 0.29) is 0 Å². The zero-order valence-corrected chi connectivity index (χ0v) is 15.2. The van der Waals surface area contributed by atoms with Crippen LogP contribution in [0.5, 0.6) is 0 Å². The average Bonchev–Trinajstić information content (AvgIpc) is 2.81. The van der Waals surface area contributed by atoms with Crippen molar-refractivity contribution in [2.24, 2.45) is 0 Å². The largest absolute Gasteiger partial charge is 0.444 e. The zero-order valence-electron chi connectivity index (χ0n) is 12.8. The van der Waals surface area contributed by atoms with Crippen LogP contribution in [0.1, 0.15) is 25.6 Å². The fraction of sp³-hybridized carbons (Fsp3) is 0.312. The molecular weight excluding hydrogens is 364 g/mol. The van der Waals surface area contributed by atoms with E-state index < -0.39 is 11.7 Å². The number of rotatable bonds is 4. The lowest BCUT2D eigenvalue weighted by molar-refractivity contribution is 0.0636. The molecule has 22 heavy (non-hydrogen) atoms. The second kappa shape index (κ2) is 7.15. The van der Waals surface area contributed by atoms with Gasteiger partial charge < -0.3 is 10.1 Å². The second-order valence-electron chi connectivity index (χ2n) is 5.76. The van der Waals surface area contributed by atoms with Gasteiger partial charge in [-0.15, -0.1) is 11.3 Å². The van der Waals surface area contributed by atoms with Gasteiger partial charge >= 0.3 is 6.09 Å². The first kappa shape index (κ1) is 16.8. The highest BCUT2D eigenvalue weighted by atomic mass is 79.9. The number of para-hydroxylation sites is 2. The molecule has 2 rings (SSSR count). The average molecular weight is 383 g/mol. The van der Waals surface area contributed by atoms with E-state index in [2.05, 4.69) is 32.6 Å². The van der Waals surface area contributed by atoms with Gasteiger partial charge in [0.1, 0.15) is 5.60 Å². The molecule has 0 atom stereocenters. The Morgan fingerprint density at radius 1 is 1.27 bits per heavy atom. The molecule has 6 heteroatoms. The molecule has 2 N–H and O–H groups in total. The van der Waals surface area contributed by atoms with E-state index in [0.29, 0.717) is 12.2 Å². The molecule has 2 aromatic rings. The molecule has 0 bridgehead atoms. The number of carbonyl (C=O) groups is 1. The smallest absolute Gasteiger partial charge is 0.412 e. The number of benzene rings is 1. The predicted octanol–water partition coefficient (Wildman–Crippen LogP) is 5.47. The first-order valence-corrected chi connectivity index (χ1v) is 8.56. The van der Waals surface area contributed by atoms with Crippen molar-refractivity contribution in [2.75, 3.05) is 10.6 Å². The van der Waals surface area contributed by atoms with Crippen molar-refractivity contribution in [3.05, 3.63) is 45.1 Å². The molecule has 0 aliphatic carbocycles. The molecule has 1 aromatic heterocycles. The van der Waals surface area contributed by atoms with Gasteiger partial charge in [-0.05, 0) is 54.9 Å². The molecule has 118 valence electrons. The van der Waals surface area contributed by atoms with Crippen molar-refractivity contribution in [3.63, 3.8) is 0 Å². The van der Waals surface area contributed by atoms with Crippen molar-refractivity contribution in [3.8, 4) is 0 Å². The highest BCUT2D eigenvalue weighted by molar-refractivity contribution is 9.10. The molecule has 0 aliphatic heterocycles. The Hall–Kier alpha value is -1.53. The van der Waals surface area contributed by atoms with Gasteiger partial charge in [0.25, 0.3) is 0 Å². The third kappa shape index (κ3) is 5.35. The minimum Gasteiger partial charge on any atom is -0.444 e. The Balaban J connectivity index is 2.01. The maximum Gasteiger partial charge on any atom is 0.412 e. The van der Waals surface area contributed by atoms with Gasteiger partial charge in [0.15, 0.2) is 0 Å². The van der Waals surface area contributed by atoms with E-state index in [9.17, 15) is 4.79 Å². The molecule has 0 saturated carbocycles. The van der Waals surface area contributed by atoms with E-state index in [1.165, 1.54) is 4.88 Å². The van der Waals surface area contributed by atoms with Crippen LogP contribution in [-0.2, 0) is 11.3 Å². The number of thiophene rings is 1. The number of amides is 1. The number of halogens is 1. The summed E-state index contributed by atoms with van der Waals surface area (Å²) in [5, 5.41) is 8.15. The van der Waals surface area contributed by atoms with E-state index in [4.69, 9.17) is 4.74 Å². The van der Waals surface area contributed by atoms with Crippen molar-refractivity contribution in [1.29, 1.82) is 0 Å². The molecule has 4 nitrogen and oxygen atoms in total.